The Kier molecular flexibility index (Phi) is 36.4. The lowest BCUT2D eigenvalue weighted by atomic mass is 9.46. The van der Waals surface area contributed by atoms with Gasteiger partial charge in [-0.25, -0.2) is 0 Å². The fraction of sp³-hybridized carbons (Fsp3) is 0.778. The number of fused-ring (bicyclic) bond motifs is 15. The molecule has 40 heteroatoms. The molecule has 3 aromatic heterocycles. The summed E-state index contributed by atoms with van der Waals surface area (Å²) in [5.74, 6) is -2.27. The fourth-order valence-electron chi connectivity index (χ4n) is 29.9. The van der Waals surface area contributed by atoms with Gasteiger partial charge in [-0.2, -0.15) is 0 Å². The van der Waals surface area contributed by atoms with E-state index in [1.54, 1.807) is 26.4 Å². The number of nitrogens with zero attached hydrogens (tertiary/aromatic N) is 17. The van der Waals surface area contributed by atoms with Crippen molar-refractivity contribution in [3.8, 4) is 0 Å². The number of aliphatic hydroxyl groups is 3. The second kappa shape index (κ2) is 47.8. The lowest BCUT2D eigenvalue weighted by Gasteiger charge is -2.59. The van der Waals surface area contributed by atoms with Crippen LogP contribution >= 0.6 is 0 Å². The molecule has 9 saturated carbocycles. The highest BCUT2D eigenvalue weighted by atomic mass is 16.5. The van der Waals surface area contributed by atoms with Gasteiger partial charge in [-0.1, -0.05) is 73.9 Å². The summed E-state index contributed by atoms with van der Waals surface area (Å²) in [7, 11) is 8.61. The predicted octanol–water partition coefficient (Wildman–Crippen LogP) is 5.77. The highest BCUT2D eigenvalue weighted by molar-refractivity contribution is 5.95. The monoisotopic (exact) mass is 2060 g/mol. The summed E-state index contributed by atoms with van der Waals surface area (Å²) in [4.78, 5) is 181. The minimum Gasteiger partial charge on any atom is -0.383 e. The lowest BCUT2D eigenvalue weighted by Crippen LogP contribution is -2.54. The maximum absolute atomic E-state index is 15.6. The van der Waals surface area contributed by atoms with Crippen LogP contribution in [0.4, 0.5) is 0 Å². The molecule has 40 nitrogen and oxygen atoms in total. The quantitative estimate of drug-likeness (QED) is 0.0418. The largest absolute Gasteiger partial charge is 0.383 e. The van der Waals surface area contributed by atoms with Crippen molar-refractivity contribution < 1.29 is 101 Å². The van der Waals surface area contributed by atoms with Crippen LogP contribution in [0.2, 0.25) is 0 Å². The summed E-state index contributed by atoms with van der Waals surface area (Å²) in [6.07, 6.45) is 30.9. The number of aromatic nitrogens is 9. The van der Waals surface area contributed by atoms with Crippen LogP contribution in [0.5, 0.6) is 0 Å². The first-order valence-electron chi connectivity index (χ1n) is 54.5. The average Bonchev–Trinajstić information content (AvgIpc) is 1.53. The standard InChI is InChI=1S/C108H165N19O21/c1-100-31-22-76(128)58-73(100)16-19-79-82(100)25-34-103(4)85(79)28-37-106(103,140)88-62-125(114-111-88)43-13-40-110-61-92(132)120(47-53-144-8)68-98(138)121(48-54-145-9)69-93(133)118(42-15-45-127-64-90(113-116-127)108(142)39-30-87-81-21-18-75-60-78(130)24-33-102(75,3)84(81)27-36-105(87,108)6)67-97(137)124(51-57-148-12)72-99(139)122(49-55-146-10)70-94(134)117(66-96(136)123(50-56-147-11)71-95(135)119(46-52-143-7)65-91(109)131)41-14-44-126-63-89(112-115-126)107(141)38-29-86-80-20-17-74-59-77(129)23-32-101(74,2)83(80)26-35-104(86,107)5/h58-60,62-64,79-87,110,140-142H,13-57,61,65-72H2,1-12H3,(H2,109,131)/t79?,80?,81?,82?,83?,84?,85?,86?,87?,100-,101-,102-,103-,104-,105-,106+,107+,108+/m0/s1. The number of carbonyl (C=O) groups excluding carboxylic acids is 12. The Morgan fingerprint density at radius 2 is 0.588 bits per heavy atom. The number of ether oxygens (including phenoxy) is 6. The van der Waals surface area contributed by atoms with E-state index in [4.69, 9.17) is 34.2 Å². The SMILES string of the molecule is COCCN(CC(N)=O)C(=O)CN(CCOC)C(=O)CN(CCCn1cc([C@]2(O)CCC3C4CCC5=CC(=O)CC[C@]5(C)C4CC[C@@]32C)nn1)C(=O)CN(CCOC)C(=O)CN(CCOC)C(=O)CN(CCCn1cc([C@]2(O)CCC3C4CCC5=CC(=O)CC[C@]5(C)C4CC[C@@]32C)nn1)C(=O)CN(CCOC)C(=O)CN(CCOC)C(=O)CNCCCn1cc([C@]2(O)CCC3C4CCC5=CC(=O)CC[C@]5(C)C4CC[C@@]32C)nn1. The van der Waals surface area contributed by atoms with E-state index in [2.05, 4.69) is 77.8 Å². The molecule has 0 bridgehead atoms. The first-order valence-corrected chi connectivity index (χ1v) is 54.5. The number of primary amides is 1. The van der Waals surface area contributed by atoms with Crippen molar-refractivity contribution >= 4 is 70.5 Å². The summed E-state index contributed by atoms with van der Waals surface area (Å²) >= 11 is 0. The average molecular weight is 2070 g/mol. The van der Waals surface area contributed by atoms with Crippen LogP contribution in [-0.2, 0) is 122 Å². The number of nitrogens with one attached hydrogen (secondary N) is 1. The Balaban J connectivity index is 0.633. The van der Waals surface area contributed by atoms with Crippen molar-refractivity contribution in [1.82, 2.24) is 89.5 Å². The summed E-state index contributed by atoms with van der Waals surface area (Å²) < 4.78 is 37.7. The van der Waals surface area contributed by atoms with Gasteiger partial charge in [-0.05, 0) is 248 Å². The topological polar surface area (TPSA) is 477 Å². The van der Waals surface area contributed by atoms with Crippen molar-refractivity contribution in [2.24, 2.45) is 91.5 Å². The number of hydrogen-bond acceptors (Lipinski definition) is 28. The van der Waals surface area contributed by atoms with E-state index >= 15 is 24.0 Å². The molecular formula is C108H165N19O21. The minimum absolute atomic E-state index is 0.00445. The molecule has 15 rings (SSSR count). The third-order valence-corrected chi connectivity index (χ3v) is 38.7. The zero-order valence-electron chi connectivity index (χ0n) is 89.7. The summed E-state index contributed by atoms with van der Waals surface area (Å²) in [5.41, 5.74) is 5.50. The van der Waals surface area contributed by atoms with E-state index in [1.165, 1.54) is 98.6 Å². The predicted molar refractivity (Wildman–Crippen MR) is 542 cm³/mol. The van der Waals surface area contributed by atoms with Gasteiger partial charge in [-0.3, -0.25) is 71.6 Å². The van der Waals surface area contributed by atoms with Crippen molar-refractivity contribution in [1.29, 1.82) is 0 Å². The van der Waals surface area contributed by atoms with E-state index in [9.17, 15) is 48.9 Å². The summed E-state index contributed by atoms with van der Waals surface area (Å²) in [6, 6.07) is 0. The molecule has 12 aliphatic carbocycles. The molecule has 6 N–H and O–H groups in total. The zero-order valence-corrected chi connectivity index (χ0v) is 89.7. The molecule has 9 unspecified atom stereocenters. The Morgan fingerprint density at radius 1 is 0.338 bits per heavy atom. The van der Waals surface area contributed by atoms with Crippen molar-refractivity contribution in [2.75, 3.05) is 200 Å². The molecule has 0 aliphatic heterocycles. The van der Waals surface area contributed by atoms with Crippen LogP contribution in [0.3, 0.4) is 0 Å². The Hall–Kier alpha value is -9.52. The van der Waals surface area contributed by atoms with Gasteiger partial charge < -0.3 is 94.0 Å². The highest BCUT2D eigenvalue weighted by Crippen LogP contribution is 2.73. The van der Waals surface area contributed by atoms with E-state index in [-0.39, 0.29) is 170 Å². The van der Waals surface area contributed by atoms with Crippen molar-refractivity contribution in [3.05, 3.63) is 70.6 Å². The molecule has 9 fully saturated rings. The zero-order chi connectivity index (χ0) is 106. The third kappa shape index (κ3) is 23.1. The number of nitrogens with two attached hydrogens (primary N) is 1. The second-order valence-corrected chi connectivity index (χ2v) is 46.3. The number of amides is 9. The molecule has 0 radical (unpaired) electrons. The first kappa shape index (κ1) is 113. The van der Waals surface area contributed by atoms with Crippen LogP contribution in [0.25, 0.3) is 0 Å². The van der Waals surface area contributed by atoms with Gasteiger partial charge >= 0.3 is 0 Å². The molecule has 0 saturated heterocycles. The summed E-state index contributed by atoms with van der Waals surface area (Å²) in [6.45, 7) is 8.92. The van der Waals surface area contributed by atoms with Gasteiger partial charge in [0.1, 0.15) is 33.9 Å². The van der Waals surface area contributed by atoms with Crippen LogP contribution in [0.1, 0.15) is 232 Å². The first-order chi connectivity index (χ1) is 70.7. The minimum atomic E-state index is -1.32. The Labute approximate surface area is 870 Å². The normalized spacial score (nSPS) is 30.7. The van der Waals surface area contributed by atoms with Gasteiger partial charge in [0.15, 0.2) is 17.3 Å². The number of ketones is 3. The van der Waals surface area contributed by atoms with Crippen LogP contribution in [0.15, 0.2) is 53.5 Å². The molecular weight excluding hydrogens is 1900 g/mol. The molecule has 9 amide bonds. The molecule has 148 heavy (non-hydrogen) atoms. The number of hydrogen-bond donors (Lipinski definition) is 5. The van der Waals surface area contributed by atoms with E-state index in [1.807, 2.05) is 24.4 Å². The maximum atomic E-state index is 15.6. The van der Waals surface area contributed by atoms with Crippen molar-refractivity contribution in [3.63, 3.8) is 0 Å². The van der Waals surface area contributed by atoms with Crippen LogP contribution < -0.4 is 11.1 Å². The maximum Gasteiger partial charge on any atom is 0.242 e. The van der Waals surface area contributed by atoms with Gasteiger partial charge in [-0.15, -0.1) is 15.3 Å². The Bertz CT molecular complexity index is 5370. The third-order valence-electron chi connectivity index (χ3n) is 38.7. The fourth-order valence-corrected chi connectivity index (χ4v) is 29.9. The highest BCUT2D eigenvalue weighted by Gasteiger charge is 2.69. The van der Waals surface area contributed by atoms with Gasteiger partial charge in [0.2, 0.25) is 53.2 Å². The number of methoxy groups -OCH3 is 6. The van der Waals surface area contributed by atoms with Crippen LogP contribution in [0, 0.1) is 85.8 Å². The molecule has 18 atom stereocenters. The molecule has 818 valence electrons. The number of allylic oxidation sites excluding steroid dienone is 3. The molecule has 3 aromatic rings. The second-order valence-electron chi connectivity index (χ2n) is 46.3. The Morgan fingerprint density at radius 3 is 0.858 bits per heavy atom. The van der Waals surface area contributed by atoms with Gasteiger partial charge in [0, 0.05) is 150 Å². The number of rotatable bonds is 51. The summed E-state index contributed by atoms with van der Waals surface area (Å²) in [5, 5.41) is 69.8. The molecule has 0 aromatic carbocycles. The van der Waals surface area contributed by atoms with Gasteiger partial charge in [0.05, 0.1) is 117 Å². The number of aryl methyl sites for hydroxylation is 3. The molecule has 0 spiro atoms. The number of carbonyl (C=O) groups is 12. The van der Waals surface area contributed by atoms with E-state index in [0.717, 1.165) is 116 Å². The smallest absolute Gasteiger partial charge is 0.242 e. The molecule has 12 aliphatic rings. The van der Waals surface area contributed by atoms with Crippen molar-refractivity contribution in [2.45, 2.75) is 251 Å². The van der Waals surface area contributed by atoms with E-state index in [0.29, 0.717) is 117 Å². The van der Waals surface area contributed by atoms with Crippen LogP contribution in [-0.4, -0.2) is 370 Å². The van der Waals surface area contributed by atoms with E-state index < -0.39 is 139 Å². The molecule has 3 heterocycles. The van der Waals surface area contributed by atoms with Gasteiger partial charge in [0.25, 0.3) is 0 Å². The lowest BCUT2D eigenvalue weighted by molar-refractivity contribution is -0.149.